The zero-order valence-corrected chi connectivity index (χ0v) is 14.8. The molecule has 1 fully saturated rings. The monoisotopic (exact) mass is 324 g/mol. The summed E-state index contributed by atoms with van der Waals surface area (Å²) in [5, 5.41) is 2.33. The van der Waals surface area contributed by atoms with Gasteiger partial charge < -0.3 is 8.85 Å². The van der Waals surface area contributed by atoms with Gasteiger partial charge in [0, 0.05) is 6.10 Å². The van der Waals surface area contributed by atoms with Gasteiger partial charge in [0.2, 0.25) is 0 Å². The van der Waals surface area contributed by atoms with Crippen LogP contribution in [0.5, 0.6) is 0 Å². The molecule has 0 amide bonds. The lowest BCUT2D eigenvalue weighted by atomic mass is 10.00. The average molecular weight is 324 g/mol. The molecule has 2 aromatic carbocycles. The van der Waals surface area contributed by atoms with Crippen molar-refractivity contribution in [2.24, 2.45) is 5.92 Å². The predicted molar refractivity (Wildman–Crippen MR) is 97.3 cm³/mol. The summed E-state index contributed by atoms with van der Waals surface area (Å²) in [7, 11) is -2.69. The first-order chi connectivity index (χ1) is 11.2. The van der Waals surface area contributed by atoms with Crippen LogP contribution in [0.1, 0.15) is 20.3 Å². The van der Waals surface area contributed by atoms with Crippen LogP contribution in [0, 0.1) is 5.92 Å². The van der Waals surface area contributed by atoms with Crippen molar-refractivity contribution >= 4 is 18.9 Å². The third kappa shape index (κ3) is 3.18. The third-order valence-electron chi connectivity index (χ3n) is 4.51. The second-order valence-electron chi connectivity index (χ2n) is 6.26. The minimum Gasteiger partial charge on any atom is -0.385 e. The van der Waals surface area contributed by atoms with E-state index in [1.807, 2.05) is 18.2 Å². The van der Waals surface area contributed by atoms with E-state index in [9.17, 15) is 0 Å². The standard InChI is InChI=1S/C20H24O2Si/c1-4-16(2)20-15-17(3)21-23(22-20,18-11-7-5-8-12-18)19-13-9-6-10-14-19/h4-14,16-17,20H,1,15H2,2-3H3/t16-,17-,20-/m1/s1. The second-order valence-corrected chi connectivity index (χ2v) is 9.12. The van der Waals surface area contributed by atoms with Gasteiger partial charge in [0.15, 0.2) is 0 Å². The predicted octanol–water partition coefficient (Wildman–Crippen LogP) is 3.26. The highest BCUT2D eigenvalue weighted by molar-refractivity contribution is 6.92. The zero-order valence-electron chi connectivity index (χ0n) is 13.8. The highest BCUT2D eigenvalue weighted by Gasteiger charge is 2.49. The number of hydrogen-bond donors (Lipinski definition) is 0. The van der Waals surface area contributed by atoms with E-state index < -0.39 is 8.56 Å². The van der Waals surface area contributed by atoms with Crippen molar-refractivity contribution in [3.8, 4) is 0 Å². The topological polar surface area (TPSA) is 18.5 Å². The van der Waals surface area contributed by atoms with Crippen LogP contribution < -0.4 is 10.4 Å². The van der Waals surface area contributed by atoms with Crippen LogP contribution in [0.15, 0.2) is 73.3 Å². The van der Waals surface area contributed by atoms with E-state index in [0.717, 1.165) is 6.42 Å². The SMILES string of the molecule is C=C[C@@H](C)[C@H]1C[C@@H](C)O[Si](c2ccccc2)(c2ccccc2)O1. The molecule has 0 radical (unpaired) electrons. The molecule has 2 aromatic rings. The fourth-order valence-electron chi connectivity index (χ4n) is 3.18. The Hall–Kier alpha value is -1.68. The van der Waals surface area contributed by atoms with Crippen molar-refractivity contribution in [1.29, 1.82) is 0 Å². The van der Waals surface area contributed by atoms with Gasteiger partial charge in [-0.2, -0.15) is 0 Å². The summed E-state index contributed by atoms with van der Waals surface area (Å²) in [5.41, 5.74) is 0. The van der Waals surface area contributed by atoms with Gasteiger partial charge in [-0.25, -0.2) is 0 Å². The van der Waals surface area contributed by atoms with Crippen molar-refractivity contribution in [3.05, 3.63) is 73.3 Å². The molecule has 0 bridgehead atoms. The summed E-state index contributed by atoms with van der Waals surface area (Å²) in [6, 6.07) is 20.8. The Morgan fingerprint density at radius 3 is 2.00 bits per heavy atom. The largest absolute Gasteiger partial charge is 0.407 e. The summed E-state index contributed by atoms with van der Waals surface area (Å²) >= 11 is 0. The van der Waals surface area contributed by atoms with Crippen molar-refractivity contribution in [2.45, 2.75) is 32.5 Å². The Balaban J connectivity index is 2.10. The summed E-state index contributed by atoms with van der Waals surface area (Å²) in [5.74, 6) is 0.306. The molecule has 3 atom stereocenters. The highest BCUT2D eigenvalue weighted by atomic mass is 28.4. The average Bonchev–Trinajstić information content (AvgIpc) is 2.62. The summed E-state index contributed by atoms with van der Waals surface area (Å²) in [4.78, 5) is 0. The third-order valence-corrected chi connectivity index (χ3v) is 8.07. The van der Waals surface area contributed by atoms with Gasteiger partial charge in [0.1, 0.15) is 0 Å². The first-order valence-corrected chi connectivity index (χ1v) is 10.1. The Kier molecular flexibility index (Phi) is 4.81. The minimum atomic E-state index is -2.69. The van der Waals surface area contributed by atoms with E-state index in [4.69, 9.17) is 8.85 Å². The van der Waals surface area contributed by atoms with Gasteiger partial charge in [0.05, 0.1) is 6.10 Å². The highest BCUT2D eigenvalue weighted by Crippen LogP contribution is 2.28. The van der Waals surface area contributed by atoms with Gasteiger partial charge in [-0.3, -0.25) is 0 Å². The molecular weight excluding hydrogens is 300 g/mol. The molecule has 0 N–H and O–H groups in total. The Morgan fingerprint density at radius 2 is 1.52 bits per heavy atom. The zero-order chi connectivity index (χ0) is 16.3. The second kappa shape index (κ2) is 6.83. The molecule has 3 rings (SSSR count). The lowest BCUT2D eigenvalue weighted by Gasteiger charge is -2.44. The Morgan fingerprint density at radius 1 is 1.00 bits per heavy atom. The van der Waals surface area contributed by atoms with E-state index in [1.54, 1.807) is 0 Å². The van der Waals surface area contributed by atoms with Crippen LogP contribution >= 0.6 is 0 Å². The van der Waals surface area contributed by atoms with E-state index >= 15 is 0 Å². The molecule has 1 aliphatic heterocycles. The molecule has 1 heterocycles. The van der Waals surface area contributed by atoms with Gasteiger partial charge in [0.25, 0.3) is 0 Å². The number of benzene rings is 2. The van der Waals surface area contributed by atoms with E-state index in [2.05, 4.69) is 69.0 Å². The molecule has 1 saturated heterocycles. The molecule has 0 saturated carbocycles. The van der Waals surface area contributed by atoms with Crippen molar-refractivity contribution < 1.29 is 8.85 Å². The van der Waals surface area contributed by atoms with Crippen molar-refractivity contribution in [2.75, 3.05) is 0 Å². The van der Waals surface area contributed by atoms with E-state index in [1.165, 1.54) is 10.4 Å². The molecule has 0 aromatic heterocycles. The lowest BCUT2D eigenvalue weighted by molar-refractivity contribution is 0.00419. The lowest BCUT2D eigenvalue weighted by Crippen LogP contribution is -2.68. The van der Waals surface area contributed by atoms with Crippen LogP contribution in [0.25, 0.3) is 0 Å². The normalized spacial score (nSPS) is 24.8. The van der Waals surface area contributed by atoms with Crippen molar-refractivity contribution in [1.82, 2.24) is 0 Å². The van der Waals surface area contributed by atoms with Crippen LogP contribution in [0.3, 0.4) is 0 Å². The molecule has 0 unspecified atom stereocenters. The quantitative estimate of drug-likeness (QED) is 0.635. The first-order valence-electron chi connectivity index (χ1n) is 8.25. The first kappa shape index (κ1) is 16.2. The summed E-state index contributed by atoms with van der Waals surface area (Å²) in [6.07, 6.45) is 3.20. The molecule has 0 spiro atoms. The van der Waals surface area contributed by atoms with Gasteiger partial charge in [-0.15, -0.1) is 6.58 Å². The molecule has 120 valence electrons. The summed E-state index contributed by atoms with van der Waals surface area (Å²) in [6.45, 7) is 8.27. The smallest absolute Gasteiger partial charge is 0.385 e. The van der Waals surface area contributed by atoms with Crippen molar-refractivity contribution in [3.63, 3.8) is 0 Å². The molecule has 0 aliphatic carbocycles. The molecule has 23 heavy (non-hydrogen) atoms. The van der Waals surface area contributed by atoms with Gasteiger partial charge in [-0.05, 0) is 29.6 Å². The van der Waals surface area contributed by atoms with Crippen LogP contribution in [0.2, 0.25) is 0 Å². The maximum Gasteiger partial charge on any atom is 0.407 e. The maximum absolute atomic E-state index is 6.71. The number of hydrogen-bond acceptors (Lipinski definition) is 2. The van der Waals surface area contributed by atoms with Crippen LogP contribution in [0.4, 0.5) is 0 Å². The Bertz CT molecular complexity index is 602. The fourth-order valence-corrected chi connectivity index (χ4v) is 6.77. The molecular formula is C20H24O2Si. The summed E-state index contributed by atoms with van der Waals surface area (Å²) < 4.78 is 13.3. The minimum absolute atomic E-state index is 0.142. The van der Waals surface area contributed by atoms with Crippen LogP contribution in [-0.4, -0.2) is 20.8 Å². The fraction of sp³-hybridized carbons (Fsp3) is 0.300. The van der Waals surface area contributed by atoms with E-state index in [0.29, 0.717) is 5.92 Å². The van der Waals surface area contributed by atoms with Crippen LogP contribution in [-0.2, 0) is 8.85 Å². The number of rotatable bonds is 4. The van der Waals surface area contributed by atoms with Gasteiger partial charge >= 0.3 is 8.56 Å². The molecule has 2 nitrogen and oxygen atoms in total. The Labute approximate surface area is 140 Å². The maximum atomic E-state index is 6.71. The van der Waals surface area contributed by atoms with Gasteiger partial charge in [-0.1, -0.05) is 73.7 Å². The van der Waals surface area contributed by atoms with E-state index in [-0.39, 0.29) is 12.2 Å². The molecule has 1 aliphatic rings. The molecule has 3 heteroatoms.